The van der Waals surface area contributed by atoms with Gasteiger partial charge in [-0.25, -0.2) is 24.0 Å². The molecule has 0 bridgehead atoms. The number of aromatic nitrogens is 6. The lowest BCUT2D eigenvalue weighted by Gasteiger charge is -2.63. The third kappa shape index (κ3) is 3.54. The maximum Gasteiger partial charge on any atom is 0.419 e. The summed E-state index contributed by atoms with van der Waals surface area (Å²) in [6.45, 7) is 3.30. The van der Waals surface area contributed by atoms with Crippen LogP contribution >= 0.6 is 0 Å². The van der Waals surface area contributed by atoms with Gasteiger partial charge < -0.3 is 9.80 Å². The van der Waals surface area contributed by atoms with Crippen molar-refractivity contribution in [3.8, 4) is 0 Å². The predicted molar refractivity (Wildman–Crippen MR) is 128 cm³/mol. The van der Waals surface area contributed by atoms with Crippen LogP contribution < -0.4 is 0 Å². The summed E-state index contributed by atoms with van der Waals surface area (Å²) >= 11 is 0. The Balaban J connectivity index is 0.800. The van der Waals surface area contributed by atoms with Gasteiger partial charge >= 0.3 is 12.2 Å². The molecule has 9 nitrogen and oxygen atoms in total. The zero-order chi connectivity index (χ0) is 25.9. The molecule has 12 heteroatoms. The zero-order valence-corrected chi connectivity index (χ0v) is 20.9. The fourth-order valence-corrected chi connectivity index (χ4v) is 7.47. The van der Waals surface area contributed by atoms with Gasteiger partial charge in [-0.05, 0) is 50.9 Å². The Morgan fingerprint density at radius 2 is 1.66 bits per heavy atom. The summed E-state index contributed by atoms with van der Waals surface area (Å²) in [6, 6.07) is 0.582. The molecule has 5 fully saturated rings. The van der Waals surface area contributed by atoms with Crippen LogP contribution in [0.3, 0.4) is 0 Å². The molecule has 2 aliphatic heterocycles. The van der Waals surface area contributed by atoms with Crippen LogP contribution in [-0.4, -0.2) is 71.4 Å². The summed E-state index contributed by atoms with van der Waals surface area (Å²) in [5.74, 6) is 2.02. The molecule has 200 valence electrons. The molecule has 2 saturated heterocycles. The number of carbonyl (C=O) groups excluding carboxylic acids is 1. The van der Waals surface area contributed by atoms with Gasteiger partial charge in [0.25, 0.3) is 0 Å². The van der Waals surface area contributed by atoms with Crippen LogP contribution in [0.15, 0.2) is 24.9 Å². The van der Waals surface area contributed by atoms with Gasteiger partial charge in [0.05, 0.1) is 17.8 Å². The number of amides is 2. The van der Waals surface area contributed by atoms with E-state index in [0.29, 0.717) is 23.5 Å². The van der Waals surface area contributed by atoms with Crippen molar-refractivity contribution < 1.29 is 18.0 Å². The van der Waals surface area contributed by atoms with Gasteiger partial charge in [-0.3, -0.25) is 0 Å². The van der Waals surface area contributed by atoms with E-state index < -0.39 is 11.7 Å². The number of likely N-dealkylation sites (tertiary alicyclic amines) is 2. The standard InChI is InChI=1S/C26H29F3N8O/c27-26(28,29)19-9-30-22-18(8-32-36(22)10-19)3-16-4-24(5-16)11-34(12-24)23(38)35-13-25(14-35)6-20(7-25)37-15-31-21(33-37)17-1-2-17/h8-10,15-17,20H,1-7,11-14H2. The Bertz CT molecular complexity index is 1410. The zero-order valence-electron chi connectivity index (χ0n) is 20.9. The number of nitrogens with zero attached hydrogens (tertiary/aromatic N) is 8. The molecule has 8 rings (SSSR count). The van der Waals surface area contributed by atoms with Crippen LogP contribution in [-0.2, 0) is 12.6 Å². The number of hydrogen-bond acceptors (Lipinski definition) is 5. The number of hydrogen-bond donors (Lipinski definition) is 0. The number of halogens is 3. The average Bonchev–Trinajstić information content (AvgIpc) is 3.37. The van der Waals surface area contributed by atoms with Crippen LogP contribution in [0.4, 0.5) is 18.0 Å². The number of rotatable bonds is 4. The van der Waals surface area contributed by atoms with Gasteiger partial charge in [0.1, 0.15) is 6.33 Å². The van der Waals surface area contributed by atoms with Crippen LogP contribution in [0.1, 0.15) is 67.4 Å². The van der Waals surface area contributed by atoms with Crippen molar-refractivity contribution in [1.82, 2.24) is 39.2 Å². The molecule has 5 aliphatic rings. The smallest absolute Gasteiger partial charge is 0.323 e. The van der Waals surface area contributed by atoms with E-state index in [0.717, 1.165) is 82.1 Å². The average molecular weight is 527 g/mol. The van der Waals surface area contributed by atoms with E-state index in [1.165, 1.54) is 17.4 Å². The summed E-state index contributed by atoms with van der Waals surface area (Å²) in [5.41, 5.74) is 1.03. The van der Waals surface area contributed by atoms with Crippen molar-refractivity contribution in [1.29, 1.82) is 0 Å². The lowest BCUT2D eigenvalue weighted by Crippen LogP contribution is -2.71. The number of carbonyl (C=O) groups is 1. The van der Waals surface area contributed by atoms with E-state index >= 15 is 0 Å². The first kappa shape index (κ1) is 22.8. The summed E-state index contributed by atoms with van der Waals surface area (Å²) in [5, 5.41) is 8.77. The van der Waals surface area contributed by atoms with Crippen molar-refractivity contribution in [2.24, 2.45) is 16.7 Å². The molecule has 5 heterocycles. The van der Waals surface area contributed by atoms with Crippen molar-refractivity contribution in [3.63, 3.8) is 0 Å². The molecule has 3 aliphatic carbocycles. The van der Waals surface area contributed by atoms with E-state index in [-0.39, 0.29) is 16.9 Å². The predicted octanol–water partition coefficient (Wildman–Crippen LogP) is 3.93. The van der Waals surface area contributed by atoms with E-state index in [1.54, 1.807) is 6.20 Å². The topological polar surface area (TPSA) is 84.5 Å². The molecule has 3 saturated carbocycles. The summed E-state index contributed by atoms with van der Waals surface area (Å²) in [4.78, 5) is 25.5. The third-order valence-corrected chi connectivity index (χ3v) is 9.54. The van der Waals surface area contributed by atoms with E-state index in [4.69, 9.17) is 0 Å². The minimum atomic E-state index is -4.43. The van der Waals surface area contributed by atoms with E-state index in [2.05, 4.69) is 20.2 Å². The van der Waals surface area contributed by atoms with Gasteiger partial charge in [0.15, 0.2) is 11.5 Å². The van der Waals surface area contributed by atoms with Crippen molar-refractivity contribution in [3.05, 3.63) is 41.9 Å². The maximum absolute atomic E-state index is 13.0. The first-order chi connectivity index (χ1) is 18.2. The molecule has 2 amide bonds. The fraction of sp³-hybridized carbons (Fsp3) is 0.654. The second-order valence-corrected chi connectivity index (χ2v) is 12.7. The maximum atomic E-state index is 13.0. The highest BCUT2D eigenvalue weighted by Gasteiger charge is 2.58. The van der Waals surface area contributed by atoms with Gasteiger partial charge in [-0.2, -0.15) is 23.4 Å². The third-order valence-electron chi connectivity index (χ3n) is 9.54. The Morgan fingerprint density at radius 3 is 2.32 bits per heavy atom. The fourth-order valence-electron chi connectivity index (χ4n) is 7.47. The van der Waals surface area contributed by atoms with Crippen LogP contribution in [0, 0.1) is 16.7 Å². The van der Waals surface area contributed by atoms with Crippen LogP contribution in [0.2, 0.25) is 0 Å². The SMILES string of the molecule is O=C(N1CC2(CC(Cc3cnn4cc(C(F)(F)F)cnc34)C2)C1)N1CC2(CC(n3cnc(C4CC4)n3)C2)C1. The minimum Gasteiger partial charge on any atom is -0.323 e. The molecule has 2 spiro atoms. The monoisotopic (exact) mass is 526 g/mol. The molecular weight excluding hydrogens is 497 g/mol. The minimum absolute atomic E-state index is 0.164. The van der Waals surface area contributed by atoms with Crippen molar-refractivity contribution in [2.75, 3.05) is 26.2 Å². The van der Waals surface area contributed by atoms with Crippen LogP contribution in [0.25, 0.3) is 5.65 Å². The quantitative estimate of drug-likeness (QED) is 0.515. The molecule has 3 aromatic rings. The largest absolute Gasteiger partial charge is 0.419 e. The summed E-state index contributed by atoms with van der Waals surface area (Å²) in [6.07, 6.45) is 8.33. The highest BCUT2D eigenvalue weighted by atomic mass is 19.4. The van der Waals surface area contributed by atoms with Crippen molar-refractivity contribution in [2.45, 2.75) is 63.1 Å². The molecule has 0 atom stereocenters. The second kappa shape index (κ2) is 7.47. The Morgan fingerprint density at radius 1 is 0.974 bits per heavy atom. The second-order valence-electron chi connectivity index (χ2n) is 12.7. The highest BCUT2D eigenvalue weighted by molar-refractivity contribution is 5.77. The Labute approximate surface area is 217 Å². The van der Waals surface area contributed by atoms with Gasteiger partial charge in [0.2, 0.25) is 0 Å². The van der Waals surface area contributed by atoms with Gasteiger partial charge in [-0.1, -0.05) is 0 Å². The normalized spacial score (nSPS) is 24.4. The number of urea groups is 1. The molecule has 0 N–H and O–H groups in total. The van der Waals surface area contributed by atoms with Crippen molar-refractivity contribution >= 4 is 11.7 Å². The lowest BCUT2D eigenvalue weighted by atomic mass is 9.56. The van der Waals surface area contributed by atoms with Gasteiger partial charge in [-0.15, -0.1) is 0 Å². The molecule has 3 aromatic heterocycles. The molecule has 38 heavy (non-hydrogen) atoms. The first-order valence-corrected chi connectivity index (χ1v) is 13.5. The molecular formula is C26H29F3N8O. The molecule has 0 radical (unpaired) electrons. The van der Waals surface area contributed by atoms with Crippen LogP contribution in [0.5, 0.6) is 0 Å². The van der Waals surface area contributed by atoms with Gasteiger partial charge in [0, 0.05) is 60.9 Å². The van der Waals surface area contributed by atoms with E-state index in [9.17, 15) is 18.0 Å². The number of alkyl halides is 3. The van der Waals surface area contributed by atoms with E-state index in [1.807, 2.05) is 20.8 Å². The first-order valence-electron chi connectivity index (χ1n) is 13.5. The number of fused-ring (bicyclic) bond motifs is 1. The molecule has 0 unspecified atom stereocenters. The summed E-state index contributed by atoms with van der Waals surface area (Å²) in [7, 11) is 0. The highest BCUT2D eigenvalue weighted by Crippen LogP contribution is 2.56. The Kier molecular flexibility index (Phi) is 4.48. The summed E-state index contributed by atoms with van der Waals surface area (Å²) < 4.78 is 42.1. The molecule has 0 aromatic carbocycles. The Hall–Kier alpha value is -3.18. The lowest BCUT2D eigenvalue weighted by molar-refractivity contribution is -0.138.